The van der Waals surface area contributed by atoms with Crippen LogP contribution < -0.4 is 0 Å². The summed E-state index contributed by atoms with van der Waals surface area (Å²) in [6, 6.07) is 4.01. The molecule has 3 aromatic rings. The minimum Gasteiger partial charge on any atom is -0.326 e. The number of aryl methyl sites for hydroxylation is 1. The number of aromatic nitrogens is 3. The van der Waals surface area contributed by atoms with Crippen LogP contribution in [0.2, 0.25) is 0 Å². The lowest BCUT2D eigenvalue weighted by atomic mass is 10.3. The third kappa shape index (κ3) is 1.47. The van der Waals surface area contributed by atoms with Crippen LogP contribution in [0.15, 0.2) is 33.7 Å². The van der Waals surface area contributed by atoms with E-state index in [2.05, 4.69) is 41.9 Å². The number of hydrogen-bond donors (Lipinski definition) is 0. The van der Waals surface area contributed by atoms with Crippen molar-refractivity contribution in [3.05, 3.63) is 33.7 Å². The van der Waals surface area contributed by atoms with Crippen molar-refractivity contribution in [2.75, 3.05) is 0 Å². The molecule has 0 fully saturated rings. The van der Waals surface area contributed by atoms with Crippen molar-refractivity contribution in [3.8, 4) is 11.4 Å². The van der Waals surface area contributed by atoms with Gasteiger partial charge in [-0.15, -0.1) is 11.3 Å². The SMILES string of the molecule is Cn1c(-c2csc(Br)c2)nc2ccncc21. The summed E-state index contributed by atoms with van der Waals surface area (Å²) in [5.41, 5.74) is 3.17. The highest BCUT2D eigenvalue weighted by molar-refractivity contribution is 9.11. The average molecular weight is 294 g/mol. The van der Waals surface area contributed by atoms with Gasteiger partial charge < -0.3 is 4.57 Å². The molecule has 0 aliphatic rings. The number of imidazole rings is 1. The summed E-state index contributed by atoms with van der Waals surface area (Å²) in [6.07, 6.45) is 3.61. The van der Waals surface area contributed by atoms with E-state index in [1.165, 1.54) is 0 Å². The maximum absolute atomic E-state index is 4.60. The van der Waals surface area contributed by atoms with E-state index < -0.39 is 0 Å². The molecule has 0 radical (unpaired) electrons. The average Bonchev–Trinajstić information content (AvgIpc) is 2.84. The van der Waals surface area contributed by atoms with Gasteiger partial charge in [0.15, 0.2) is 0 Å². The molecular formula is C11H8BrN3S. The van der Waals surface area contributed by atoms with E-state index >= 15 is 0 Å². The number of pyridine rings is 1. The van der Waals surface area contributed by atoms with Gasteiger partial charge in [-0.05, 0) is 28.1 Å². The second kappa shape index (κ2) is 3.68. The molecule has 0 aliphatic heterocycles. The Morgan fingerprint density at radius 2 is 2.31 bits per heavy atom. The zero-order valence-electron chi connectivity index (χ0n) is 8.51. The Hall–Kier alpha value is -1.20. The first kappa shape index (κ1) is 9.99. The van der Waals surface area contributed by atoms with Crippen LogP contribution in [0.25, 0.3) is 22.4 Å². The standard InChI is InChI=1S/C11H8BrN3S/c1-15-9-5-13-3-2-8(9)14-11(15)7-4-10(12)16-6-7/h2-6H,1H3. The first-order valence-corrected chi connectivity index (χ1v) is 6.44. The first-order valence-electron chi connectivity index (χ1n) is 4.76. The van der Waals surface area contributed by atoms with E-state index in [4.69, 9.17) is 0 Å². The first-order chi connectivity index (χ1) is 7.75. The van der Waals surface area contributed by atoms with Crippen molar-refractivity contribution in [1.82, 2.24) is 14.5 Å². The Bertz CT molecular complexity index is 656. The molecule has 0 unspecified atom stereocenters. The Morgan fingerprint density at radius 1 is 1.44 bits per heavy atom. The quantitative estimate of drug-likeness (QED) is 0.688. The molecule has 0 spiro atoms. The van der Waals surface area contributed by atoms with Crippen molar-refractivity contribution >= 4 is 38.3 Å². The summed E-state index contributed by atoms with van der Waals surface area (Å²) in [4.78, 5) is 8.72. The van der Waals surface area contributed by atoms with Crippen molar-refractivity contribution in [2.24, 2.45) is 7.05 Å². The molecular weight excluding hydrogens is 286 g/mol. The third-order valence-corrected chi connectivity index (χ3v) is 4.01. The van der Waals surface area contributed by atoms with E-state index in [0.29, 0.717) is 0 Å². The minimum atomic E-state index is 0.977. The summed E-state index contributed by atoms with van der Waals surface area (Å²) in [6.45, 7) is 0. The lowest BCUT2D eigenvalue weighted by Crippen LogP contribution is -1.90. The smallest absolute Gasteiger partial charge is 0.141 e. The van der Waals surface area contributed by atoms with Gasteiger partial charge in [-0.2, -0.15) is 0 Å². The second-order valence-corrected chi connectivity index (χ2v) is 5.79. The van der Waals surface area contributed by atoms with Crippen molar-refractivity contribution in [1.29, 1.82) is 0 Å². The van der Waals surface area contributed by atoms with E-state index in [-0.39, 0.29) is 0 Å². The Morgan fingerprint density at radius 3 is 3.00 bits per heavy atom. The van der Waals surface area contributed by atoms with Gasteiger partial charge in [0.1, 0.15) is 5.82 Å². The topological polar surface area (TPSA) is 30.7 Å². The lowest BCUT2D eigenvalue weighted by Gasteiger charge is -1.98. The van der Waals surface area contributed by atoms with Crippen LogP contribution in [0.3, 0.4) is 0 Å². The van der Waals surface area contributed by atoms with E-state index in [9.17, 15) is 0 Å². The molecule has 80 valence electrons. The maximum Gasteiger partial charge on any atom is 0.141 e. The molecule has 3 aromatic heterocycles. The van der Waals surface area contributed by atoms with Gasteiger partial charge >= 0.3 is 0 Å². The predicted octanol–water partition coefficient (Wildman–Crippen LogP) is 3.46. The van der Waals surface area contributed by atoms with Crippen LogP contribution >= 0.6 is 27.3 Å². The molecule has 3 rings (SSSR count). The molecule has 0 amide bonds. The molecule has 0 bridgehead atoms. The minimum absolute atomic E-state index is 0.977. The van der Waals surface area contributed by atoms with Gasteiger partial charge in [-0.1, -0.05) is 0 Å². The van der Waals surface area contributed by atoms with Crippen LogP contribution in [0, 0.1) is 0 Å². The van der Waals surface area contributed by atoms with Crippen LogP contribution in [-0.4, -0.2) is 14.5 Å². The number of thiophene rings is 1. The number of rotatable bonds is 1. The molecule has 5 heteroatoms. The highest BCUT2D eigenvalue weighted by atomic mass is 79.9. The fraction of sp³-hybridized carbons (Fsp3) is 0.0909. The molecule has 0 aromatic carbocycles. The molecule has 3 nitrogen and oxygen atoms in total. The van der Waals surface area contributed by atoms with Gasteiger partial charge in [0.05, 0.1) is 21.0 Å². The van der Waals surface area contributed by atoms with Gasteiger partial charge in [0.2, 0.25) is 0 Å². The monoisotopic (exact) mass is 293 g/mol. The summed E-state index contributed by atoms with van der Waals surface area (Å²) in [5.74, 6) is 0.977. The zero-order valence-corrected chi connectivity index (χ0v) is 10.9. The van der Waals surface area contributed by atoms with Crippen molar-refractivity contribution < 1.29 is 0 Å². The summed E-state index contributed by atoms with van der Waals surface area (Å²) in [5, 5.41) is 2.10. The largest absolute Gasteiger partial charge is 0.326 e. The van der Waals surface area contributed by atoms with Crippen molar-refractivity contribution in [3.63, 3.8) is 0 Å². The van der Waals surface area contributed by atoms with E-state index in [1.807, 2.05) is 19.3 Å². The molecule has 0 aliphatic carbocycles. The number of fused-ring (bicyclic) bond motifs is 1. The van der Waals surface area contributed by atoms with Crippen molar-refractivity contribution in [2.45, 2.75) is 0 Å². The maximum atomic E-state index is 4.60. The summed E-state index contributed by atoms with van der Waals surface area (Å²) >= 11 is 5.13. The third-order valence-electron chi connectivity index (χ3n) is 2.51. The van der Waals surface area contributed by atoms with E-state index in [0.717, 1.165) is 26.2 Å². The van der Waals surface area contributed by atoms with Crippen LogP contribution in [0.1, 0.15) is 0 Å². The zero-order chi connectivity index (χ0) is 11.1. The fourth-order valence-corrected chi connectivity index (χ4v) is 2.86. The molecule has 0 saturated carbocycles. The van der Waals surface area contributed by atoms with Gasteiger partial charge in [-0.3, -0.25) is 4.98 Å². The number of nitrogens with zero attached hydrogens (tertiary/aromatic N) is 3. The fourth-order valence-electron chi connectivity index (χ4n) is 1.72. The van der Waals surface area contributed by atoms with Gasteiger partial charge in [0.25, 0.3) is 0 Å². The van der Waals surface area contributed by atoms with Crippen LogP contribution in [0.5, 0.6) is 0 Å². The molecule has 0 N–H and O–H groups in total. The second-order valence-electron chi connectivity index (χ2n) is 3.50. The number of halogens is 1. The Kier molecular flexibility index (Phi) is 2.29. The summed E-state index contributed by atoms with van der Waals surface area (Å²) < 4.78 is 3.18. The Balaban J connectivity index is 2.28. The Labute approximate surface area is 105 Å². The van der Waals surface area contributed by atoms with E-state index in [1.54, 1.807) is 17.5 Å². The molecule has 0 saturated heterocycles. The highest BCUT2D eigenvalue weighted by Gasteiger charge is 2.10. The van der Waals surface area contributed by atoms with Crippen LogP contribution in [0.4, 0.5) is 0 Å². The lowest BCUT2D eigenvalue weighted by molar-refractivity contribution is 0.957. The molecule has 16 heavy (non-hydrogen) atoms. The number of hydrogen-bond acceptors (Lipinski definition) is 3. The normalized spacial score (nSPS) is 11.1. The highest BCUT2D eigenvalue weighted by Crippen LogP contribution is 2.29. The molecule has 0 atom stereocenters. The van der Waals surface area contributed by atoms with Crippen LogP contribution in [-0.2, 0) is 7.05 Å². The van der Waals surface area contributed by atoms with Gasteiger partial charge in [0, 0.05) is 24.2 Å². The molecule has 3 heterocycles. The predicted molar refractivity (Wildman–Crippen MR) is 69.5 cm³/mol. The van der Waals surface area contributed by atoms with Gasteiger partial charge in [-0.25, -0.2) is 4.98 Å². The summed E-state index contributed by atoms with van der Waals surface area (Å²) in [7, 11) is 2.01.